The van der Waals surface area contributed by atoms with Crippen LogP contribution in [0.1, 0.15) is 29.9 Å². The number of carbonyl (C=O) groups is 1. The maximum Gasteiger partial charge on any atom is 0.257 e. The zero-order valence-corrected chi connectivity index (χ0v) is 20.4. The van der Waals surface area contributed by atoms with E-state index in [-0.39, 0.29) is 5.91 Å². The second-order valence-electron chi connectivity index (χ2n) is 7.98. The normalized spacial score (nSPS) is 15.7. The monoisotopic (exact) mass is 478 g/mol. The topological polar surface area (TPSA) is 88.9 Å². The molecule has 0 radical (unpaired) electrons. The number of ether oxygens (including phenoxy) is 2. The lowest BCUT2D eigenvalue weighted by Crippen LogP contribution is -2.48. The fourth-order valence-electron chi connectivity index (χ4n) is 3.97. The summed E-state index contributed by atoms with van der Waals surface area (Å²) in [6.45, 7) is 5.65. The maximum absolute atomic E-state index is 13.6. The number of carbonyl (C=O) groups excluding carboxylic acids is 1. The molecule has 1 aromatic heterocycles. The van der Waals surface area contributed by atoms with Crippen LogP contribution in [0.25, 0.3) is 0 Å². The quantitative estimate of drug-likeness (QED) is 0.495. The van der Waals surface area contributed by atoms with Crippen molar-refractivity contribution in [3.8, 4) is 11.5 Å². The number of benzene rings is 2. The molecule has 1 amide bonds. The Labute approximate surface area is 203 Å². The maximum atomic E-state index is 13.6. The van der Waals surface area contributed by atoms with Crippen LogP contribution in [0.15, 0.2) is 64.3 Å². The van der Waals surface area contributed by atoms with Crippen LogP contribution in [0.3, 0.4) is 0 Å². The Hall–Kier alpha value is -3.85. The molecule has 0 bridgehead atoms. The Kier molecular flexibility index (Phi) is 6.56. The minimum Gasteiger partial charge on any atom is -0.497 e. The van der Waals surface area contributed by atoms with Crippen LogP contribution in [0.5, 0.6) is 11.5 Å². The van der Waals surface area contributed by atoms with Gasteiger partial charge in [0.05, 0.1) is 25.8 Å². The number of methoxy groups -OCH3 is 2. The van der Waals surface area contributed by atoms with Crippen molar-refractivity contribution in [2.24, 2.45) is 0 Å². The van der Waals surface area contributed by atoms with E-state index in [4.69, 9.17) is 26.2 Å². The third-order valence-corrected chi connectivity index (χ3v) is 5.87. The first kappa shape index (κ1) is 23.3. The van der Waals surface area contributed by atoms with Gasteiger partial charge in [-0.05, 0) is 68.4 Å². The van der Waals surface area contributed by atoms with Crippen molar-refractivity contribution in [3.05, 3.63) is 76.7 Å². The first-order chi connectivity index (χ1) is 16.3. The summed E-state index contributed by atoms with van der Waals surface area (Å²) in [4.78, 5) is 15.5. The predicted octanol–water partition coefficient (Wildman–Crippen LogP) is 4.66. The number of nitrogens with zero attached hydrogens (tertiary/aromatic N) is 2. The number of nitrogens with one attached hydrogen (secondary N) is 2. The lowest BCUT2D eigenvalue weighted by molar-refractivity contribution is -0.113. The Bertz CT molecular complexity index is 1260. The molecule has 0 saturated heterocycles. The van der Waals surface area contributed by atoms with E-state index in [9.17, 15) is 4.79 Å². The largest absolute Gasteiger partial charge is 0.497 e. The molecule has 4 rings (SSSR count). The van der Waals surface area contributed by atoms with E-state index >= 15 is 0 Å². The highest BCUT2D eigenvalue weighted by Gasteiger charge is 2.35. The van der Waals surface area contributed by atoms with Gasteiger partial charge in [0.15, 0.2) is 10.9 Å². The van der Waals surface area contributed by atoms with Gasteiger partial charge in [0, 0.05) is 23.5 Å². The number of thiocarbonyl (C=S) groups is 1. The van der Waals surface area contributed by atoms with Crippen molar-refractivity contribution in [3.63, 3.8) is 0 Å². The number of hydrogen-bond donors (Lipinski definition) is 2. The average molecular weight is 479 g/mol. The highest BCUT2D eigenvalue weighted by Crippen LogP contribution is 2.37. The molecule has 8 nitrogen and oxygen atoms in total. The molecule has 3 aromatic rings. The molecule has 9 heteroatoms. The molecule has 176 valence electrons. The molecule has 0 fully saturated rings. The number of aromatic nitrogens is 1. The number of rotatable bonds is 6. The molecular weight excluding hydrogens is 452 g/mol. The van der Waals surface area contributed by atoms with E-state index in [1.165, 1.54) is 0 Å². The molecule has 1 atom stereocenters. The van der Waals surface area contributed by atoms with Gasteiger partial charge in [-0.15, -0.1) is 0 Å². The van der Waals surface area contributed by atoms with Gasteiger partial charge in [-0.1, -0.05) is 17.3 Å². The van der Waals surface area contributed by atoms with Crippen LogP contribution in [0.4, 0.5) is 11.5 Å². The zero-order valence-electron chi connectivity index (χ0n) is 19.6. The van der Waals surface area contributed by atoms with Crippen LogP contribution < -0.4 is 25.0 Å². The molecule has 2 heterocycles. The molecular formula is C25H26N4O4S. The van der Waals surface area contributed by atoms with E-state index in [1.54, 1.807) is 33.3 Å². The summed E-state index contributed by atoms with van der Waals surface area (Å²) in [5.74, 6) is 1.81. The first-order valence-corrected chi connectivity index (χ1v) is 11.1. The molecule has 0 saturated carbocycles. The smallest absolute Gasteiger partial charge is 0.257 e. The van der Waals surface area contributed by atoms with Crippen molar-refractivity contribution >= 4 is 34.7 Å². The van der Waals surface area contributed by atoms with Crippen LogP contribution in [-0.4, -0.2) is 30.4 Å². The Morgan fingerprint density at radius 1 is 1.09 bits per heavy atom. The lowest BCUT2D eigenvalue weighted by Gasteiger charge is -2.38. The Morgan fingerprint density at radius 3 is 2.38 bits per heavy atom. The van der Waals surface area contributed by atoms with Gasteiger partial charge in [-0.25, -0.2) is 0 Å². The summed E-state index contributed by atoms with van der Waals surface area (Å²) < 4.78 is 16.0. The van der Waals surface area contributed by atoms with Gasteiger partial charge < -0.3 is 24.6 Å². The average Bonchev–Trinajstić information content (AvgIpc) is 3.22. The fourth-order valence-corrected chi connectivity index (χ4v) is 4.33. The second kappa shape index (κ2) is 9.56. The summed E-state index contributed by atoms with van der Waals surface area (Å²) in [5, 5.41) is 10.6. The van der Waals surface area contributed by atoms with E-state index in [0.29, 0.717) is 39.5 Å². The zero-order chi connectivity index (χ0) is 24.4. The molecule has 0 aliphatic carbocycles. The lowest BCUT2D eigenvalue weighted by atomic mass is 9.93. The van der Waals surface area contributed by atoms with Gasteiger partial charge in [0.1, 0.15) is 17.3 Å². The molecule has 34 heavy (non-hydrogen) atoms. The minimum atomic E-state index is -0.550. The van der Waals surface area contributed by atoms with Gasteiger partial charge in [-0.3, -0.25) is 9.69 Å². The number of aryl methyl sites for hydroxylation is 2. The van der Waals surface area contributed by atoms with E-state index in [2.05, 4.69) is 15.8 Å². The summed E-state index contributed by atoms with van der Waals surface area (Å²) in [6, 6.07) is 14.5. The second-order valence-corrected chi connectivity index (χ2v) is 8.37. The van der Waals surface area contributed by atoms with Crippen LogP contribution >= 0.6 is 12.2 Å². The molecule has 1 aliphatic heterocycles. The van der Waals surface area contributed by atoms with Gasteiger partial charge in [0.25, 0.3) is 5.91 Å². The molecule has 1 aliphatic rings. The molecule has 0 spiro atoms. The third kappa shape index (κ3) is 4.60. The SMILES string of the molecule is COc1cc(OC)cc([C@H]2NC(=S)N(c3cccc(C)c3)C(C)=C2C(=O)Nc2cc(C)on2)c1. The van der Waals surface area contributed by atoms with Crippen LogP contribution in [0, 0.1) is 13.8 Å². The van der Waals surface area contributed by atoms with Gasteiger partial charge in [-0.2, -0.15) is 0 Å². The summed E-state index contributed by atoms with van der Waals surface area (Å²) in [6.07, 6.45) is 0. The predicted molar refractivity (Wildman–Crippen MR) is 134 cm³/mol. The molecule has 2 N–H and O–H groups in total. The number of allylic oxidation sites excluding steroid dienone is 1. The minimum absolute atomic E-state index is 0.328. The van der Waals surface area contributed by atoms with Crippen molar-refractivity contribution in [2.45, 2.75) is 26.8 Å². The Morgan fingerprint density at radius 2 is 1.79 bits per heavy atom. The third-order valence-electron chi connectivity index (χ3n) is 5.57. The highest BCUT2D eigenvalue weighted by atomic mass is 32.1. The van der Waals surface area contributed by atoms with E-state index in [0.717, 1.165) is 16.8 Å². The fraction of sp³-hybridized carbons (Fsp3) is 0.240. The van der Waals surface area contributed by atoms with Crippen LogP contribution in [-0.2, 0) is 4.79 Å². The van der Waals surface area contributed by atoms with Gasteiger partial charge >= 0.3 is 0 Å². The Balaban J connectivity index is 1.85. The van der Waals surface area contributed by atoms with Crippen molar-refractivity contribution < 1.29 is 18.8 Å². The highest BCUT2D eigenvalue weighted by molar-refractivity contribution is 7.80. The molecule has 2 aromatic carbocycles. The standard InChI is InChI=1S/C25H26N4O4S/c1-14-7-6-8-18(9-14)29-16(3)22(24(30)26-21-10-15(2)33-28-21)23(27-25(29)34)17-11-19(31-4)13-20(12-17)32-5/h6-13,23H,1-5H3,(H,27,34)(H,26,28,30)/t23-/m1/s1. The van der Waals surface area contributed by atoms with Crippen molar-refractivity contribution in [1.29, 1.82) is 0 Å². The molecule has 0 unspecified atom stereocenters. The summed E-state index contributed by atoms with van der Waals surface area (Å²) in [5.41, 5.74) is 3.88. The first-order valence-electron chi connectivity index (χ1n) is 10.7. The number of anilines is 2. The van der Waals surface area contributed by atoms with E-state index < -0.39 is 6.04 Å². The summed E-state index contributed by atoms with van der Waals surface area (Å²) >= 11 is 5.76. The van der Waals surface area contributed by atoms with Gasteiger partial charge in [0.2, 0.25) is 0 Å². The summed E-state index contributed by atoms with van der Waals surface area (Å²) in [7, 11) is 3.16. The number of amides is 1. The van der Waals surface area contributed by atoms with Crippen LogP contribution in [0.2, 0.25) is 0 Å². The van der Waals surface area contributed by atoms with Crippen molar-refractivity contribution in [2.75, 3.05) is 24.4 Å². The van der Waals surface area contributed by atoms with E-state index in [1.807, 2.05) is 55.1 Å². The number of hydrogen-bond acceptors (Lipinski definition) is 6. The van der Waals surface area contributed by atoms with Crippen molar-refractivity contribution in [1.82, 2.24) is 10.5 Å².